The first-order chi connectivity index (χ1) is 16.0. The van der Waals surface area contributed by atoms with Gasteiger partial charge in [0.25, 0.3) is 5.56 Å². The lowest BCUT2D eigenvalue weighted by Crippen LogP contribution is -2.47. The van der Waals surface area contributed by atoms with Crippen molar-refractivity contribution in [1.29, 1.82) is 0 Å². The van der Waals surface area contributed by atoms with Gasteiger partial charge in [-0.3, -0.25) is 9.36 Å². The molecule has 6 nitrogen and oxygen atoms in total. The third kappa shape index (κ3) is 5.06. The number of carbonyl (C=O) groups excluding carboxylic acids is 1. The topological polar surface area (TPSA) is 67.2 Å². The fourth-order valence-electron chi connectivity index (χ4n) is 4.65. The molecule has 1 aromatic heterocycles. The third-order valence-electron chi connectivity index (χ3n) is 6.37. The van der Waals surface area contributed by atoms with Crippen LogP contribution in [0.25, 0.3) is 16.6 Å². The van der Waals surface area contributed by atoms with Crippen LogP contribution in [0, 0.1) is 0 Å². The predicted molar refractivity (Wildman–Crippen MR) is 133 cm³/mol. The second-order valence-electron chi connectivity index (χ2n) is 8.76. The summed E-state index contributed by atoms with van der Waals surface area (Å²) < 4.78 is 1.59. The van der Waals surface area contributed by atoms with Crippen molar-refractivity contribution < 1.29 is 4.79 Å². The quantitative estimate of drug-likeness (QED) is 0.495. The zero-order valence-corrected chi connectivity index (χ0v) is 20.0. The normalized spacial score (nSPS) is 15.4. The van der Waals surface area contributed by atoms with Gasteiger partial charge in [-0.2, -0.15) is 0 Å². The highest BCUT2D eigenvalue weighted by atomic mass is 35.5. The van der Waals surface area contributed by atoms with Gasteiger partial charge in [0.15, 0.2) is 0 Å². The number of halogens is 1. The summed E-state index contributed by atoms with van der Waals surface area (Å²) in [5, 5.41) is 4.29. The van der Waals surface area contributed by atoms with E-state index in [0.717, 1.165) is 32.1 Å². The summed E-state index contributed by atoms with van der Waals surface area (Å²) >= 11 is 6.26. The Morgan fingerprint density at radius 3 is 2.67 bits per heavy atom. The lowest BCUT2D eigenvalue weighted by Gasteiger charge is -2.33. The summed E-state index contributed by atoms with van der Waals surface area (Å²) in [6.07, 6.45) is 6.36. The average Bonchev–Trinajstić information content (AvgIpc) is 2.82. The van der Waals surface area contributed by atoms with Crippen molar-refractivity contribution in [2.45, 2.75) is 64.5 Å². The van der Waals surface area contributed by atoms with Gasteiger partial charge < -0.3 is 10.2 Å². The van der Waals surface area contributed by atoms with E-state index >= 15 is 0 Å². The zero-order chi connectivity index (χ0) is 23.4. The van der Waals surface area contributed by atoms with Gasteiger partial charge in [0.2, 0.25) is 0 Å². The van der Waals surface area contributed by atoms with Crippen molar-refractivity contribution in [2.24, 2.45) is 0 Å². The van der Waals surface area contributed by atoms with Crippen LogP contribution in [0.3, 0.4) is 0 Å². The predicted octanol–water partition coefficient (Wildman–Crippen LogP) is 5.85. The number of para-hydroxylation sites is 1. The number of fused-ring (bicyclic) bond motifs is 1. The number of amides is 2. The molecule has 1 fully saturated rings. The van der Waals surface area contributed by atoms with Crippen LogP contribution in [0.2, 0.25) is 5.02 Å². The number of aromatic nitrogens is 2. The SMILES string of the molecule is CCCN(C(=O)NC1CCCCC1)C(C)c1nc2ccccc2c(=O)n1-c1cccc(Cl)c1. The molecule has 1 heterocycles. The summed E-state index contributed by atoms with van der Waals surface area (Å²) in [7, 11) is 0. The van der Waals surface area contributed by atoms with Gasteiger partial charge in [0.1, 0.15) is 5.82 Å². The Labute approximate surface area is 199 Å². The molecule has 1 atom stereocenters. The average molecular weight is 467 g/mol. The Balaban J connectivity index is 1.79. The summed E-state index contributed by atoms with van der Waals surface area (Å²) in [5.41, 5.74) is 1.08. The van der Waals surface area contributed by atoms with E-state index in [1.54, 1.807) is 27.7 Å². The van der Waals surface area contributed by atoms with Crippen LogP contribution in [0.1, 0.15) is 64.2 Å². The van der Waals surface area contributed by atoms with Crippen LogP contribution < -0.4 is 10.9 Å². The van der Waals surface area contributed by atoms with Gasteiger partial charge >= 0.3 is 6.03 Å². The van der Waals surface area contributed by atoms with Crippen molar-refractivity contribution in [3.8, 4) is 5.69 Å². The molecule has 7 heteroatoms. The molecular weight excluding hydrogens is 436 g/mol. The Morgan fingerprint density at radius 1 is 1.18 bits per heavy atom. The van der Waals surface area contributed by atoms with E-state index in [-0.39, 0.29) is 17.6 Å². The maximum atomic E-state index is 13.6. The molecule has 1 N–H and O–H groups in total. The maximum absolute atomic E-state index is 13.6. The standard InChI is InChI=1S/C26H31ClN4O2/c1-3-16-30(26(33)28-20-11-5-4-6-12-20)18(2)24-29-23-15-8-7-14-22(23)25(32)31(24)21-13-9-10-19(27)17-21/h7-10,13-15,17-18,20H,3-6,11-12,16H2,1-2H3,(H,28,33). The van der Waals surface area contributed by atoms with Crippen LogP contribution in [0.5, 0.6) is 0 Å². The van der Waals surface area contributed by atoms with Gasteiger partial charge in [0.05, 0.1) is 22.6 Å². The molecule has 0 aliphatic heterocycles. The molecule has 3 aromatic rings. The van der Waals surface area contributed by atoms with Gasteiger partial charge in [-0.25, -0.2) is 9.78 Å². The van der Waals surface area contributed by atoms with Crippen molar-refractivity contribution in [1.82, 2.24) is 19.8 Å². The lowest BCUT2D eigenvalue weighted by atomic mass is 9.96. The van der Waals surface area contributed by atoms with Gasteiger partial charge in [-0.05, 0) is 56.5 Å². The molecule has 1 aliphatic carbocycles. The van der Waals surface area contributed by atoms with E-state index in [1.807, 2.05) is 44.2 Å². The van der Waals surface area contributed by atoms with Crippen molar-refractivity contribution in [3.05, 3.63) is 69.7 Å². The fraction of sp³-hybridized carbons (Fsp3) is 0.423. The molecule has 0 radical (unpaired) electrons. The first-order valence-electron chi connectivity index (χ1n) is 11.8. The summed E-state index contributed by atoms with van der Waals surface area (Å²) in [6, 6.07) is 14.2. The van der Waals surface area contributed by atoms with Gasteiger partial charge in [0, 0.05) is 17.6 Å². The van der Waals surface area contributed by atoms with Crippen molar-refractivity contribution >= 4 is 28.5 Å². The van der Waals surface area contributed by atoms with Crippen LogP contribution in [0.15, 0.2) is 53.3 Å². The molecule has 0 saturated heterocycles. The van der Waals surface area contributed by atoms with E-state index in [2.05, 4.69) is 5.32 Å². The van der Waals surface area contributed by atoms with E-state index < -0.39 is 6.04 Å². The van der Waals surface area contributed by atoms with E-state index in [1.165, 1.54) is 6.42 Å². The largest absolute Gasteiger partial charge is 0.335 e. The summed E-state index contributed by atoms with van der Waals surface area (Å²) in [6.45, 7) is 4.55. The molecule has 1 saturated carbocycles. The van der Waals surface area contributed by atoms with Gasteiger partial charge in [-0.15, -0.1) is 0 Å². The Bertz CT molecular complexity index is 1190. The number of rotatable bonds is 6. The third-order valence-corrected chi connectivity index (χ3v) is 6.60. The second kappa shape index (κ2) is 10.4. The van der Waals surface area contributed by atoms with E-state index in [4.69, 9.17) is 16.6 Å². The van der Waals surface area contributed by atoms with Crippen LogP contribution >= 0.6 is 11.6 Å². The molecule has 1 aliphatic rings. The Kier molecular flexibility index (Phi) is 7.33. The van der Waals surface area contributed by atoms with Crippen LogP contribution in [0.4, 0.5) is 4.79 Å². The highest BCUT2D eigenvalue weighted by Crippen LogP contribution is 2.25. The van der Waals surface area contributed by atoms with Gasteiger partial charge in [-0.1, -0.05) is 56.0 Å². The smallest absolute Gasteiger partial charge is 0.318 e. The second-order valence-corrected chi connectivity index (χ2v) is 9.20. The number of urea groups is 1. The molecule has 1 unspecified atom stereocenters. The van der Waals surface area contributed by atoms with Crippen molar-refractivity contribution in [2.75, 3.05) is 6.54 Å². The minimum Gasteiger partial charge on any atom is -0.335 e. The number of hydrogen-bond donors (Lipinski definition) is 1. The molecule has 0 spiro atoms. The monoisotopic (exact) mass is 466 g/mol. The lowest BCUT2D eigenvalue weighted by molar-refractivity contribution is 0.169. The summed E-state index contributed by atoms with van der Waals surface area (Å²) in [4.78, 5) is 33.6. The molecule has 2 aromatic carbocycles. The highest BCUT2D eigenvalue weighted by Gasteiger charge is 2.28. The molecule has 33 heavy (non-hydrogen) atoms. The number of nitrogens with zero attached hydrogens (tertiary/aromatic N) is 3. The fourth-order valence-corrected chi connectivity index (χ4v) is 4.84. The number of benzene rings is 2. The Hall–Kier alpha value is -2.86. The molecule has 174 valence electrons. The van der Waals surface area contributed by atoms with Crippen LogP contribution in [-0.4, -0.2) is 33.1 Å². The first-order valence-corrected chi connectivity index (χ1v) is 12.2. The Morgan fingerprint density at radius 2 is 1.94 bits per heavy atom. The zero-order valence-electron chi connectivity index (χ0n) is 19.3. The highest BCUT2D eigenvalue weighted by molar-refractivity contribution is 6.30. The van der Waals surface area contributed by atoms with E-state index in [9.17, 15) is 9.59 Å². The molecule has 4 rings (SSSR count). The molecule has 2 amide bonds. The summed E-state index contributed by atoms with van der Waals surface area (Å²) in [5.74, 6) is 0.521. The molecular formula is C26H31ClN4O2. The first kappa shape index (κ1) is 23.3. The van der Waals surface area contributed by atoms with Crippen LogP contribution in [-0.2, 0) is 0 Å². The maximum Gasteiger partial charge on any atom is 0.318 e. The number of hydrogen-bond acceptors (Lipinski definition) is 3. The van der Waals surface area contributed by atoms with Crippen molar-refractivity contribution in [3.63, 3.8) is 0 Å². The number of nitrogens with one attached hydrogen (secondary N) is 1. The molecule has 0 bridgehead atoms. The van der Waals surface area contributed by atoms with E-state index in [0.29, 0.717) is 34.0 Å². The number of carbonyl (C=O) groups is 1. The minimum atomic E-state index is -0.412. The minimum absolute atomic E-state index is 0.101.